The van der Waals surface area contributed by atoms with Gasteiger partial charge in [-0.05, 0) is 49.7 Å². The van der Waals surface area contributed by atoms with Gasteiger partial charge in [0.25, 0.3) is 5.91 Å². The Labute approximate surface area is 184 Å². The highest BCUT2D eigenvalue weighted by atomic mass is 32.2. The standard InChI is InChI=1S/C23H29N3O4S/c1-25(20(16-26-12-6-7-13-26)17-8-4-3-5-9-17)23(27)22-15-18-14-19(24-31(2,28)29)10-11-21(18)30-22/h3-5,8-11,14,20,22,24H,6-7,12-13,15-16H2,1-2H3/t20?,22-/m0/s1. The third kappa shape index (κ3) is 5.19. The number of nitrogens with zero attached hydrogens (tertiary/aromatic N) is 2. The molecular formula is C23H29N3O4S. The zero-order valence-electron chi connectivity index (χ0n) is 18.0. The first-order valence-electron chi connectivity index (χ1n) is 10.6. The van der Waals surface area contributed by atoms with Crippen LogP contribution in [0.1, 0.15) is 30.0 Å². The molecule has 1 saturated heterocycles. The van der Waals surface area contributed by atoms with Gasteiger partial charge in [0.15, 0.2) is 6.10 Å². The van der Waals surface area contributed by atoms with Crippen molar-refractivity contribution in [3.05, 3.63) is 59.7 Å². The number of rotatable bonds is 7. The molecule has 2 aliphatic rings. The van der Waals surface area contributed by atoms with E-state index in [0.717, 1.165) is 37.0 Å². The molecule has 7 nitrogen and oxygen atoms in total. The number of likely N-dealkylation sites (N-methyl/N-ethyl adjacent to an activating group) is 1. The summed E-state index contributed by atoms with van der Waals surface area (Å²) in [6.07, 6.45) is 3.32. The van der Waals surface area contributed by atoms with Crippen molar-refractivity contribution in [2.24, 2.45) is 0 Å². The third-order valence-electron chi connectivity index (χ3n) is 5.94. The van der Waals surface area contributed by atoms with E-state index in [4.69, 9.17) is 4.74 Å². The Morgan fingerprint density at radius 2 is 1.90 bits per heavy atom. The fourth-order valence-electron chi connectivity index (χ4n) is 4.38. The van der Waals surface area contributed by atoms with Crippen molar-refractivity contribution in [1.29, 1.82) is 0 Å². The monoisotopic (exact) mass is 443 g/mol. The molecule has 166 valence electrons. The van der Waals surface area contributed by atoms with E-state index in [9.17, 15) is 13.2 Å². The van der Waals surface area contributed by atoms with Crippen molar-refractivity contribution in [1.82, 2.24) is 9.80 Å². The lowest BCUT2D eigenvalue weighted by Gasteiger charge is -2.33. The van der Waals surface area contributed by atoms with Crippen molar-refractivity contribution >= 4 is 21.6 Å². The average Bonchev–Trinajstić information content (AvgIpc) is 3.39. The first-order chi connectivity index (χ1) is 14.8. The number of carbonyl (C=O) groups is 1. The molecule has 1 unspecified atom stereocenters. The van der Waals surface area contributed by atoms with Gasteiger partial charge in [0.1, 0.15) is 5.75 Å². The van der Waals surface area contributed by atoms with Crippen LogP contribution < -0.4 is 9.46 Å². The van der Waals surface area contributed by atoms with Crippen LogP contribution in [0, 0.1) is 0 Å². The predicted octanol–water partition coefficient (Wildman–Crippen LogP) is 2.66. The smallest absolute Gasteiger partial charge is 0.264 e. The number of hydrogen-bond acceptors (Lipinski definition) is 5. The number of amides is 1. The lowest BCUT2D eigenvalue weighted by atomic mass is 10.0. The molecule has 1 amide bonds. The van der Waals surface area contributed by atoms with Gasteiger partial charge in [-0.25, -0.2) is 8.42 Å². The molecule has 4 rings (SSSR count). The molecule has 2 heterocycles. The van der Waals surface area contributed by atoms with Gasteiger partial charge in [0.2, 0.25) is 10.0 Å². The Bertz CT molecular complexity index is 1040. The molecule has 2 aliphatic heterocycles. The number of fused-ring (bicyclic) bond motifs is 1. The average molecular weight is 444 g/mol. The van der Waals surface area contributed by atoms with Gasteiger partial charge in [0, 0.05) is 31.3 Å². The summed E-state index contributed by atoms with van der Waals surface area (Å²) in [4.78, 5) is 17.6. The second kappa shape index (κ2) is 8.88. The van der Waals surface area contributed by atoms with Gasteiger partial charge in [0.05, 0.1) is 12.3 Å². The minimum atomic E-state index is -3.36. The zero-order valence-corrected chi connectivity index (χ0v) is 18.8. The van der Waals surface area contributed by atoms with E-state index in [1.807, 2.05) is 25.2 Å². The van der Waals surface area contributed by atoms with Gasteiger partial charge >= 0.3 is 0 Å². The zero-order chi connectivity index (χ0) is 22.0. The molecular weight excluding hydrogens is 414 g/mol. The van der Waals surface area contributed by atoms with Gasteiger partial charge < -0.3 is 14.5 Å². The molecule has 0 spiro atoms. The molecule has 1 N–H and O–H groups in total. The number of likely N-dealkylation sites (tertiary alicyclic amines) is 1. The molecule has 0 aromatic heterocycles. The number of nitrogens with one attached hydrogen (secondary N) is 1. The fraction of sp³-hybridized carbons (Fsp3) is 0.435. The van der Waals surface area contributed by atoms with Crippen LogP contribution in [-0.4, -0.2) is 63.2 Å². The Morgan fingerprint density at radius 1 is 1.19 bits per heavy atom. The number of sulfonamides is 1. The minimum Gasteiger partial charge on any atom is -0.480 e. The molecule has 0 saturated carbocycles. The molecule has 0 bridgehead atoms. The normalized spacial score (nSPS) is 19.5. The molecule has 2 atom stereocenters. The predicted molar refractivity (Wildman–Crippen MR) is 121 cm³/mol. The number of ether oxygens (including phenoxy) is 1. The molecule has 0 radical (unpaired) electrons. The summed E-state index contributed by atoms with van der Waals surface area (Å²) < 4.78 is 31.4. The number of anilines is 1. The van der Waals surface area contributed by atoms with E-state index in [-0.39, 0.29) is 11.9 Å². The van der Waals surface area contributed by atoms with Crippen LogP contribution in [-0.2, 0) is 21.2 Å². The Kier molecular flexibility index (Phi) is 6.20. The van der Waals surface area contributed by atoms with Crippen LogP contribution in [0.4, 0.5) is 5.69 Å². The summed E-state index contributed by atoms with van der Waals surface area (Å²) in [6.45, 7) is 2.92. The summed E-state index contributed by atoms with van der Waals surface area (Å²) in [6, 6.07) is 15.2. The van der Waals surface area contributed by atoms with Gasteiger partial charge in [-0.15, -0.1) is 0 Å². The fourth-order valence-corrected chi connectivity index (χ4v) is 4.94. The molecule has 1 fully saturated rings. The summed E-state index contributed by atoms with van der Waals surface area (Å²) in [7, 11) is -1.52. The number of hydrogen-bond donors (Lipinski definition) is 1. The van der Waals surface area contributed by atoms with Crippen molar-refractivity contribution < 1.29 is 17.9 Å². The Morgan fingerprint density at radius 3 is 2.58 bits per heavy atom. The summed E-state index contributed by atoms with van der Waals surface area (Å²) >= 11 is 0. The quantitative estimate of drug-likeness (QED) is 0.712. The number of carbonyl (C=O) groups excluding carboxylic acids is 1. The largest absolute Gasteiger partial charge is 0.480 e. The van der Waals surface area contributed by atoms with E-state index in [1.54, 1.807) is 23.1 Å². The van der Waals surface area contributed by atoms with E-state index in [1.165, 1.54) is 12.8 Å². The molecule has 0 aliphatic carbocycles. The van der Waals surface area contributed by atoms with E-state index >= 15 is 0 Å². The van der Waals surface area contributed by atoms with Crippen LogP contribution in [0.5, 0.6) is 5.75 Å². The van der Waals surface area contributed by atoms with Gasteiger partial charge in [-0.2, -0.15) is 0 Å². The van der Waals surface area contributed by atoms with Crippen LogP contribution in [0.15, 0.2) is 48.5 Å². The highest BCUT2D eigenvalue weighted by Crippen LogP contribution is 2.33. The Balaban J connectivity index is 1.50. The lowest BCUT2D eigenvalue weighted by Crippen LogP contribution is -2.44. The minimum absolute atomic E-state index is 0.0541. The highest BCUT2D eigenvalue weighted by molar-refractivity contribution is 7.92. The van der Waals surface area contributed by atoms with E-state index < -0.39 is 16.1 Å². The highest BCUT2D eigenvalue weighted by Gasteiger charge is 2.35. The van der Waals surface area contributed by atoms with Crippen LogP contribution in [0.25, 0.3) is 0 Å². The maximum absolute atomic E-state index is 13.4. The first kappa shape index (κ1) is 21.6. The van der Waals surface area contributed by atoms with Gasteiger partial charge in [-0.3, -0.25) is 9.52 Å². The summed E-state index contributed by atoms with van der Waals surface area (Å²) in [5, 5.41) is 0. The number of benzene rings is 2. The SMILES string of the molecule is CN(C(=O)[C@@H]1Cc2cc(NS(C)(=O)=O)ccc2O1)C(CN1CCCC1)c1ccccc1. The topological polar surface area (TPSA) is 79.0 Å². The lowest BCUT2D eigenvalue weighted by molar-refractivity contribution is -0.139. The molecule has 2 aromatic carbocycles. The van der Waals surface area contributed by atoms with Gasteiger partial charge in [-0.1, -0.05) is 30.3 Å². The second-order valence-corrected chi connectivity index (χ2v) is 10.1. The molecule has 2 aromatic rings. The summed E-state index contributed by atoms with van der Waals surface area (Å²) in [5.41, 5.74) is 2.42. The van der Waals surface area contributed by atoms with Crippen molar-refractivity contribution in [3.63, 3.8) is 0 Å². The maximum Gasteiger partial charge on any atom is 0.264 e. The maximum atomic E-state index is 13.4. The van der Waals surface area contributed by atoms with Crippen LogP contribution in [0.2, 0.25) is 0 Å². The molecule has 8 heteroatoms. The molecule has 31 heavy (non-hydrogen) atoms. The van der Waals surface area contributed by atoms with Crippen LogP contribution >= 0.6 is 0 Å². The first-order valence-corrected chi connectivity index (χ1v) is 12.5. The van der Waals surface area contributed by atoms with E-state index in [0.29, 0.717) is 17.9 Å². The summed E-state index contributed by atoms with van der Waals surface area (Å²) in [5.74, 6) is 0.559. The van der Waals surface area contributed by atoms with Crippen molar-refractivity contribution in [3.8, 4) is 5.75 Å². The van der Waals surface area contributed by atoms with Crippen molar-refractivity contribution in [2.45, 2.75) is 31.4 Å². The second-order valence-electron chi connectivity index (χ2n) is 8.39. The third-order valence-corrected chi connectivity index (χ3v) is 6.55. The van der Waals surface area contributed by atoms with Crippen molar-refractivity contribution in [2.75, 3.05) is 37.7 Å². The van der Waals surface area contributed by atoms with Crippen LogP contribution in [0.3, 0.4) is 0 Å². The Hall–Kier alpha value is -2.58. The van der Waals surface area contributed by atoms with E-state index in [2.05, 4.69) is 21.8 Å².